The van der Waals surface area contributed by atoms with Crippen LogP contribution < -0.4 is 5.32 Å². The fourth-order valence-electron chi connectivity index (χ4n) is 2.56. The molecule has 0 radical (unpaired) electrons. The van der Waals surface area contributed by atoms with Crippen LogP contribution in [0.4, 0.5) is 0 Å². The molecule has 1 aliphatic rings. The molecule has 5 heteroatoms. The zero-order chi connectivity index (χ0) is 15.6. The molecule has 0 aliphatic heterocycles. The van der Waals surface area contributed by atoms with E-state index in [4.69, 9.17) is 0 Å². The van der Waals surface area contributed by atoms with Gasteiger partial charge in [-0.15, -0.1) is 0 Å². The van der Waals surface area contributed by atoms with Crippen LogP contribution in [0.2, 0.25) is 0 Å². The molecule has 1 aromatic rings. The normalized spacial score (nSPS) is 15.6. The number of hydrogen-bond acceptors (Lipinski definition) is 3. The van der Waals surface area contributed by atoms with Crippen LogP contribution in [0.5, 0.6) is 0 Å². The second kappa shape index (κ2) is 6.33. The number of esters is 1. The Balaban J connectivity index is 2.03. The van der Waals surface area contributed by atoms with Crippen LogP contribution >= 0.6 is 0 Å². The third kappa shape index (κ3) is 3.86. The number of methoxy groups -OCH3 is 1. The van der Waals surface area contributed by atoms with Crippen LogP contribution in [0, 0.1) is 19.8 Å². The van der Waals surface area contributed by atoms with Crippen LogP contribution in [0.25, 0.3) is 0 Å². The number of hydrogen-bond donors (Lipinski definition) is 1. The van der Waals surface area contributed by atoms with Crippen molar-refractivity contribution in [2.45, 2.75) is 52.6 Å². The molecule has 21 heavy (non-hydrogen) atoms. The Morgan fingerprint density at radius 3 is 2.67 bits per heavy atom. The molecule has 0 unspecified atom stereocenters. The maximum absolute atomic E-state index is 12.3. The highest BCUT2D eigenvalue weighted by atomic mass is 16.5. The molecule has 1 atom stereocenters. The number of aromatic nitrogens is 1. The summed E-state index contributed by atoms with van der Waals surface area (Å²) < 4.78 is 6.83. The van der Waals surface area contributed by atoms with Crippen LogP contribution in [0.15, 0.2) is 6.07 Å². The Morgan fingerprint density at radius 2 is 2.10 bits per heavy atom. The Morgan fingerprint density at radius 1 is 1.43 bits per heavy atom. The zero-order valence-electron chi connectivity index (χ0n) is 13.2. The molecule has 116 valence electrons. The van der Waals surface area contributed by atoms with Gasteiger partial charge in [-0.3, -0.25) is 9.59 Å². The lowest BCUT2D eigenvalue weighted by Crippen LogP contribution is -2.34. The number of rotatable bonds is 6. The molecule has 1 aliphatic carbocycles. The van der Waals surface area contributed by atoms with Crippen LogP contribution in [0.3, 0.4) is 0 Å². The number of amides is 1. The zero-order valence-corrected chi connectivity index (χ0v) is 13.2. The van der Waals surface area contributed by atoms with Gasteiger partial charge in [0.15, 0.2) is 0 Å². The second-order valence-electron chi connectivity index (χ2n) is 5.99. The first kappa shape index (κ1) is 15.6. The van der Waals surface area contributed by atoms with Gasteiger partial charge in [0, 0.05) is 24.0 Å². The Labute approximate surface area is 125 Å². The van der Waals surface area contributed by atoms with Gasteiger partial charge in [-0.05, 0) is 45.6 Å². The van der Waals surface area contributed by atoms with E-state index in [9.17, 15) is 9.59 Å². The summed E-state index contributed by atoms with van der Waals surface area (Å²) in [5, 5.41) is 2.86. The third-order valence-corrected chi connectivity index (χ3v) is 4.03. The van der Waals surface area contributed by atoms with Crippen LogP contribution in [-0.4, -0.2) is 29.6 Å². The summed E-state index contributed by atoms with van der Waals surface area (Å²) in [5.74, 6) is 0.326. The fraction of sp³-hybridized carbons (Fsp3) is 0.625. The minimum Gasteiger partial charge on any atom is -0.469 e. The molecule has 0 saturated heterocycles. The van der Waals surface area contributed by atoms with E-state index in [0.29, 0.717) is 5.56 Å². The van der Waals surface area contributed by atoms with Gasteiger partial charge < -0.3 is 14.6 Å². The van der Waals surface area contributed by atoms with Crippen molar-refractivity contribution in [3.8, 4) is 0 Å². The number of nitrogens with one attached hydrogen (secondary N) is 1. The van der Waals surface area contributed by atoms with E-state index in [1.54, 1.807) is 6.92 Å². The second-order valence-corrected chi connectivity index (χ2v) is 5.99. The molecule has 1 aromatic heterocycles. The molecule has 1 saturated carbocycles. The molecular weight excluding hydrogens is 268 g/mol. The summed E-state index contributed by atoms with van der Waals surface area (Å²) >= 11 is 0. The van der Waals surface area contributed by atoms with Crippen molar-refractivity contribution in [3.63, 3.8) is 0 Å². The molecule has 1 fully saturated rings. The SMILES string of the molecule is COC(=O)C[C@H](C)NC(=O)c1cc(C)n(CC2CC2)c1C. The first-order chi connectivity index (χ1) is 9.92. The van der Waals surface area contributed by atoms with Crippen LogP contribution in [-0.2, 0) is 16.1 Å². The van der Waals surface area contributed by atoms with Gasteiger partial charge in [0.05, 0.1) is 19.1 Å². The predicted molar refractivity (Wildman–Crippen MR) is 80.2 cm³/mol. The van der Waals surface area contributed by atoms with Crippen molar-refractivity contribution >= 4 is 11.9 Å². The quantitative estimate of drug-likeness (QED) is 0.818. The first-order valence-corrected chi connectivity index (χ1v) is 7.46. The van der Waals surface area contributed by atoms with Gasteiger partial charge in [0.2, 0.25) is 0 Å². The van der Waals surface area contributed by atoms with E-state index in [1.807, 2.05) is 19.9 Å². The van der Waals surface area contributed by atoms with Gasteiger partial charge in [0.25, 0.3) is 5.91 Å². The van der Waals surface area contributed by atoms with Gasteiger partial charge in [-0.25, -0.2) is 0 Å². The summed E-state index contributed by atoms with van der Waals surface area (Å²) in [6.07, 6.45) is 2.76. The average Bonchev–Trinajstić information content (AvgIpc) is 3.19. The topological polar surface area (TPSA) is 60.3 Å². The molecule has 1 amide bonds. The minimum atomic E-state index is -0.318. The summed E-state index contributed by atoms with van der Waals surface area (Å²) in [4.78, 5) is 23.6. The number of aryl methyl sites for hydroxylation is 1. The largest absolute Gasteiger partial charge is 0.469 e. The molecular formula is C16H24N2O3. The number of carbonyl (C=O) groups is 2. The molecule has 1 N–H and O–H groups in total. The van der Waals surface area contributed by atoms with Crippen molar-refractivity contribution in [1.29, 1.82) is 0 Å². The smallest absolute Gasteiger partial charge is 0.307 e. The monoisotopic (exact) mass is 292 g/mol. The van der Waals surface area contributed by atoms with Gasteiger partial charge in [0.1, 0.15) is 0 Å². The number of ether oxygens (including phenoxy) is 1. The highest BCUT2D eigenvalue weighted by Gasteiger charge is 2.25. The Hall–Kier alpha value is -1.78. The molecule has 0 aromatic carbocycles. The van der Waals surface area contributed by atoms with Crippen molar-refractivity contribution in [3.05, 3.63) is 23.0 Å². The van der Waals surface area contributed by atoms with E-state index in [1.165, 1.54) is 20.0 Å². The van der Waals surface area contributed by atoms with Crippen LogP contribution in [0.1, 0.15) is 47.9 Å². The molecule has 1 heterocycles. The maximum atomic E-state index is 12.3. The summed E-state index contributed by atoms with van der Waals surface area (Å²) in [7, 11) is 1.35. The number of carbonyl (C=O) groups excluding carboxylic acids is 2. The van der Waals surface area contributed by atoms with E-state index in [0.717, 1.165) is 23.9 Å². The minimum absolute atomic E-state index is 0.124. The highest BCUT2D eigenvalue weighted by molar-refractivity contribution is 5.96. The van der Waals surface area contributed by atoms with E-state index in [2.05, 4.69) is 14.6 Å². The van der Waals surface area contributed by atoms with Gasteiger partial charge in [-0.1, -0.05) is 0 Å². The Kier molecular flexibility index (Phi) is 4.70. The predicted octanol–water partition coefficient (Wildman–Crippen LogP) is 2.20. The molecule has 0 bridgehead atoms. The summed E-state index contributed by atoms with van der Waals surface area (Å²) in [5.41, 5.74) is 2.82. The average molecular weight is 292 g/mol. The van der Waals surface area contributed by atoms with Gasteiger partial charge >= 0.3 is 5.97 Å². The number of nitrogens with zero attached hydrogens (tertiary/aromatic N) is 1. The lowest BCUT2D eigenvalue weighted by Gasteiger charge is -2.13. The lowest BCUT2D eigenvalue weighted by atomic mass is 10.2. The van der Waals surface area contributed by atoms with E-state index in [-0.39, 0.29) is 24.3 Å². The summed E-state index contributed by atoms with van der Waals surface area (Å²) in [6, 6.07) is 1.69. The van der Waals surface area contributed by atoms with Crippen molar-refractivity contribution < 1.29 is 14.3 Å². The van der Waals surface area contributed by atoms with Crippen molar-refractivity contribution in [2.75, 3.05) is 7.11 Å². The summed E-state index contributed by atoms with van der Waals surface area (Å²) in [6.45, 7) is 6.82. The highest BCUT2D eigenvalue weighted by Crippen LogP contribution is 2.32. The molecule has 2 rings (SSSR count). The van der Waals surface area contributed by atoms with Gasteiger partial charge in [-0.2, -0.15) is 0 Å². The van der Waals surface area contributed by atoms with E-state index < -0.39 is 0 Å². The standard InChI is InChI=1S/C16H24N2O3/c1-10(7-15(19)21-4)17-16(20)14-8-11(2)18(12(14)3)9-13-5-6-13/h8,10,13H,5-7,9H2,1-4H3,(H,17,20)/t10-/m0/s1. The lowest BCUT2D eigenvalue weighted by molar-refractivity contribution is -0.141. The van der Waals surface area contributed by atoms with E-state index >= 15 is 0 Å². The first-order valence-electron chi connectivity index (χ1n) is 7.46. The van der Waals surface area contributed by atoms with Crippen molar-refractivity contribution in [2.24, 2.45) is 5.92 Å². The maximum Gasteiger partial charge on any atom is 0.307 e. The molecule has 0 spiro atoms. The molecule has 5 nitrogen and oxygen atoms in total. The van der Waals surface area contributed by atoms with Crippen molar-refractivity contribution in [1.82, 2.24) is 9.88 Å². The third-order valence-electron chi connectivity index (χ3n) is 4.03. The fourth-order valence-corrected chi connectivity index (χ4v) is 2.56. The Bertz CT molecular complexity index is 544.